The minimum absolute atomic E-state index is 0.351. The Labute approximate surface area is 189 Å². The molecule has 0 saturated heterocycles. The van der Waals surface area contributed by atoms with Crippen LogP contribution in [0, 0.1) is 11.3 Å². The molecule has 1 aromatic carbocycles. The fraction of sp³-hybridized carbons (Fsp3) is 0.409. The second-order valence-corrected chi connectivity index (χ2v) is 10.2. The number of hydrogen-bond acceptors (Lipinski definition) is 6. The highest BCUT2D eigenvalue weighted by molar-refractivity contribution is 7.90. The molecule has 2 atom stereocenters. The third-order valence-electron chi connectivity index (χ3n) is 5.25. The first kappa shape index (κ1) is 24.7. The third kappa shape index (κ3) is 7.27. The molecule has 0 unspecified atom stereocenters. The maximum atomic E-state index is 13.8. The van der Waals surface area contributed by atoms with E-state index in [1.165, 1.54) is 36.7 Å². The molecule has 33 heavy (non-hydrogen) atoms. The van der Waals surface area contributed by atoms with Gasteiger partial charge in [-0.25, -0.2) is 8.42 Å². The van der Waals surface area contributed by atoms with Crippen molar-refractivity contribution in [3.05, 3.63) is 66.0 Å². The standard InChI is InChI=1S/C22H23F3N4O3S/c23-22(24,25)19(11-16-5-2-1-3-6-16)28-18(20(30)29-21(15-26)8-9-21)14-33(31,32)13-17-7-4-10-27-12-17/h1-7,10,12,18-19,28H,8-9,11,13-14H2,(H,29,30)/t18-,19-/m0/s1. The number of carbonyl (C=O) groups excluding carboxylic acids is 1. The van der Waals surface area contributed by atoms with Gasteiger partial charge in [0, 0.05) is 12.4 Å². The van der Waals surface area contributed by atoms with E-state index in [-0.39, 0.29) is 0 Å². The molecule has 176 valence electrons. The number of rotatable bonds is 10. The molecule has 1 saturated carbocycles. The molecule has 1 aliphatic rings. The largest absolute Gasteiger partial charge is 0.404 e. The number of hydrogen-bond donors (Lipinski definition) is 2. The van der Waals surface area contributed by atoms with Gasteiger partial charge in [0.1, 0.15) is 17.6 Å². The number of halogens is 3. The van der Waals surface area contributed by atoms with Crippen LogP contribution in [0.1, 0.15) is 24.0 Å². The Morgan fingerprint density at radius 2 is 1.82 bits per heavy atom. The van der Waals surface area contributed by atoms with Crippen molar-refractivity contribution in [1.29, 1.82) is 5.26 Å². The zero-order valence-corrected chi connectivity index (χ0v) is 18.4. The van der Waals surface area contributed by atoms with Crippen molar-refractivity contribution >= 4 is 15.7 Å². The smallest absolute Gasteiger partial charge is 0.336 e. The van der Waals surface area contributed by atoms with Gasteiger partial charge in [0.15, 0.2) is 9.84 Å². The van der Waals surface area contributed by atoms with Crippen molar-refractivity contribution in [3.8, 4) is 6.07 Å². The van der Waals surface area contributed by atoms with Crippen molar-refractivity contribution in [3.63, 3.8) is 0 Å². The summed E-state index contributed by atoms with van der Waals surface area (Å²) in [7, 11) is -4.00. The quantitative estimate of drug-likeness (QED) is 0.540. The first-order valence-electron chi connectivity index (χ1n) is 10.2. The summed E-state index contributed by atoms with van der Waals surface area (Å²) in [4.78, 5) is 16.7. The Hall–Kier alpha value is -2.97. The van der Waals surface area contributed by atoms with Crippen molar-refractivity contribution in [2.45, 2.75) is 48.8 Å². The molecule has 0 bridgehead atoms. The van der Waals surface area contributed by atoms with E-state index in [9.17, 15) is 31.6 Å². The van der Waals surface area contributed by atoms with Crippen LogP contribution in [0.25, 0.3) is 0 Å². The number of nitrogens with zero attached hydrogens (tertiary/aromatic N) is 2. The summed E-state index contributed by atoms with van der Waals surface area (Å²) in [5.74, 6) is -2.30. The maximum Gasteiger partial charge on any atom is 0.404 e. The molecular weight excluding hydrogens is 457 g/mol. The van der Waals surface area contributed by atoms with Gasteiger partial charge in [-0.1, -0.05) is 36.4 Å². The summed E-state index contributed by atoms with van der Waals surface area (Å²) in [6.07, 6.45) is -1.71. The van der Waals surface area contributed by atoms with Crippen LogP contribution in [0.2, 0.25) is 0 Å². The molecule has 1 fully saturated rings. The topological polar surface area (TPSA) is 112 Å². The van der Waals surface area contributed by atoms with Crippen LogP contribution in [-0.4, -0.2) is 48.9 Å². The number of nitriles is 1. The summed E-state index contributed by atoms with van der Waals surface area (Å²) in [6, 6.07) is 9.00. The summed E-state index contributed by atoms with van der Waals surface area (Å²) >= 11 is 0. The van der Waals surface area contributed by atoms with Gasteiger partial charge >= 0.3 is 6.18 Å². The summed E-state index contributed by atoms with van der Waals surface area (Å²) < 4.78 is 67.0. The van der Waals surface area contributed by atoms with E-state index in [0.717, 1.165) is 0 Å². The van der Waals surface area contributed by atoms with Crippen molar-refractivity contribution in [1.82, 2.24) is 15.6 Å². The number of amides is 1. The average molecular weight is 481 g/mol. The minimum Gasteiger partial charge on any atom is -0.336 e. The molecule has 7 nitrogen and oxygen atoms in total. The summed E-state index contributed by atoms with van der Waals surface area (Å²) in [6.45, 7) is 0. The SMILES string of the molecule is N#CC1(NC(=O)[C@H](CS(=O)(=O)Cc2cccnc2)N[C@@H](Cc2ccccc2)C(F)(F)F)CC1. The number of benzene rings is 1. The highest BCUT2D eigenvalue weighted by Gasteiger charge is 2.47. The van der Waals surface area contributed by atoms with Crippen molar-refractivity contribution in [2.24, 2.45) is 0 Å². The Morgan fingerprint density at radius 3 is 2.36 bits per heavy atom. The van der Waals surface area contributed by atoms with Gasteiger partial charge in [0.2, 0.25) is 5.91 Å². The molecule has 1 aliphatic carbocycles. The molecular formula is C22H23F3N4O3S. The molecule has 1 aromatic heterocycles. The number of aromatic nitrogens is 1. The van der Waals surface area contributed by atoms with E-state index in [1.807, 2.05) is 6.07 Å². The van der Waals surface area contributed by atoms with E-state index < -0.39 is 57.5 Å². The normalized spacial score (nSPS) is 16.9. The summed E-state index contributed by atoms with van der Waals surface area (Å²) in [5.41, 5.74) is -0.429. The average Bonchev–Trinajstić information content (AvgIpc) is 3.53. The van der Waals surface area contributed by atoms with E-state index in [2.05, 4.69) is 15.6 Å². The molecule has 1 amide bonds. The third-order valence-corrected chi connectivity index (χ3v) is 6.87. The Kier molecular flexibility index (Phi) is 7.39. The molecule has 0 radical (unpaired) electrons. The fourth-order valence-electron chi connectivity index (χ4n) is 3.32. The molecule has 2 aromatic rings. The van der Waals surface area contributed by atoms with Crippen LogP contribution >= 0.6 is 0 Å². The highest BCUT2D eigenvalue weighted by atomic mass is 32.2. The minimum atomic E-state index is -4.74. The zero-order valence-electron chi connectivity index (χ0n) is 17.5. The zero-order chi connectivity index (χ0) is 24.1. The molecule has 1 heterocycles. The Morgan fingerprint density at radius 1 is 1.15 bits per heavy atom. The molecule has 0 aliphatic heterocycles. The van der Waals surface area contributed by atoms with Gasteiger partial charge in [-0.05, 0) is 36.5 Å². The van der Waals surface area contributed by atoms with Crippen LogP contribution in [0.3, 0.4) is 0 Å². The van der Waals surface area contributed by atoms with E-state index >= 15 is 0 Å². The number of carbonyl (C=O) groups is 1. The van der Waals surface area contributed by atoms with Crippen LogP contribution in [0.15, 0.2) is 54.9 Å². The van der Waals surface area contributed by atoms with Crippen LogP contribution in [-0.2, 0) is 26.8 Å². The highest BCUT2D eigenvalue weighted by Crippen LogP contribution is 2.34. The Balaban J connectivity index is 1.83. The van der Waals surface area contributed by atoms with Gasteiger partial charge in [-0.2, -0.15) is 18.4 Å². The lowest BCUT2D eigenvalue weighted by Gasteiger charge is -2.28. The number of nitrogens with one attached hydrogen (secondary N) is 2. The van der Waals surface area contributed by atoms with Crippen molar-refractivity contribution < 1.29 is 26.4 Å². The second-order valence-electron chi connectivity index (χ2n) is 8.10. The van der Waals surface area contributed by atoms with Gasteiger partial charge in [0.05, 0.1) is 17.6 Å². The fourth-order valence-corrected chi connectivity index (χ4v) is 4.88. The second kappa shape index (κ2) is 9.89. The van der Waals surface area contributed by atoms with Crippen LogP contribution < -0.4 is 10.6 Å². The van der Waals surface area contributed by atoms with E-state index in [0.29, 0.717) is 24.0 Å². The van der Waals surface area contributed by atoms with Gasteiger partial charge in [0.25, 0.3) is 0 Å². The predicted molar refractivity (Wildman–Crippen MR) is 114 cm³/mol. The van der Waals surface area contributed by atoms with Crippen molar-refractivity contribution in [2.75, 3.05) is 5.75 Å². The molecule has 2 N–H and O–H groups in total. The lowest BCUT2D eigenvalue weighted by atomic mass is 10.0. The van der Waals surface area contributed by atoms with E-state index in [1.54, 1.807) is 18.2 Å². The molecule has 3 rings (SSSR count). The van der Waals surface area contributed by atoms with Gasteiger partial charge in [-0.15, -0.1) is 0 Å². The first-order chi connectivity index (χ1) is 15.5. The van der Waals surface area contributed by atoms with Crippen LogP contribution in [0.5, 0.6) is 0 Å². The monoisotopic (exact) mass is 480 g/mol. The first-order valence-corrected chi connectivity index (χ1v) is 12.0. The lowest BCUT2D eigenvalue weighted by Crippen LogP contribution is -2.58. The predicted octanol–water partition coefficient (Wildman–Crippen LogP) is 2.30. The van der Waals surface area contributed by atoms with Gasteiger partial charge in [-0.3, -0.25) is 15.1 Å². The van der Waals surface area contributed by atoms with E-state index in [4.69, 9.17) is 0 Å². The number of pyridine rings is 1. The number of alkyl halides is 3. The molecule has 0 spiro atoms. The number of sulfone groups is 1. The van der Waals surface area contributed by atoms with Crippen LogP contribution in [0.4, 0.5) is 13.2 Å². The Bertz CT molecular complexity index is 1100. The maximum absolute atomic E-state index is 13.8. The molecule has 11 heteroatoms. The lowest BCUT2D eigenvalue weighted by molar-refractivity contribution is -0.158. The summed E-state index contributed by atoms with van der Waals surface area (Å²) in [5, 5.41) is 13.9. The van der Waals surface area contributed by atoms with Gasteiger partial charge < -0.3 is 5.32 Å².